The maximum atomic E-state index is 11.9. The topological polar surface area (TPSA) is 80.9 Å². The number of nitrogens with one attached hydrogen (secondary N) is 2. The van der Waals surface area contributed by atoms with Gasteiger partial charge in [0.2, 0.25) is 0 Å². The van der Waals surface area contributed by atoms with Crippen LogP contribution in [0.5, 0.6) is 0 Å². The highest BCUT2D eigenvalue weighted by atomic mass is 32.2. The quantitative estimate of drug-likeness (QED) is 0.394. The average Bonchev–Trinajstić information content (AvgIpc) is 3.35. The van der Waals surface area contributed by atoms with E-state index in [1.165, 1.54) is 0 Å². The van der Waals surface area contributed by atoms with Crippen LogP contribution in [-0.2, 0) is 10.8 Å². The van der Waals surface area contributed by atoms with Crippen molar-refractivity contribution in [2.45, 2.75) is 10.3 Å². The van der Waals surface area contributed by atoms with Crippen LogP contribution in [0.2, 0.25) is 0 Å². The van der Waals surface area contributed by atoms with Gasteiger partial charge in [-0.15, -0.1) is 0 Å². The summed E-state index contributed by atoms with van der Waals surface area (Å²) in [6.45, 7) is 1.87. The van der Waals surface area contributed by atoms with E-state index in [9.17, 15) is 4.21 Å². The van der Waals surface area contributed by atoms with E-state index in [1.54, 1.807) is 11.8 Å². The number of para-hydroxylation sites is 4. The molecule has 0 aliphatic carbocycles. The number of aromatic nitrogens is 4. The first-order chi connectivity index (χ1) is 14.9. The van der Waals surface area contributed by atoms with Crippen LogP contribution < -0.4 is 0 Å². The van der Waals surface area contributed by atoms with Crippen molar-refractivity contribution in [2.75, 3.05) is 52.8 Å². The molecule has 0 bridgehead atoms. The first-order valence-electron chi connectivity index (χ1n) is 10.1. The largest absolute Gasteiger partial charge is 0.333 e. The molecule has 9 heteroatoms. The number of hydrogen-bond acceptors (Lipinski definition) is 6. The third kappa shape index (κ3) is 7.17. The molecule has 0 aliphatic heterocycles. The van der Waals surface area contributed by atoms with Crippen LogP contribution in [0.1, 0.15) is 0 Å². The summed E-state index contributed by atoms with van der Waals surface area (Å²) < 4.78 is 11.9. The minimum absolute atomic E-state index is 0.572. The van der Waals surface area contributed by atoms with Gasteiger partial charge in [0, 0.05) is 24.6 Å². The molecule has 4 aromatic rings. The van der Waals surface area contributed by atoms with E-state index in [4.69, 9.17) is 0 Å². The Morgan fingerprint density at radius 2 is 1.42 bits per heavy atom. The Balaban J connectivity index is 0.000000176. The molecular formula is C22H30N6OS2. The molecule has 2 heterocycles. The van der Waals surface area contributed by atoms with Crippen molar-refractivity contribution in [1.29, 1.82) is 0 Å². The molecule has 2 aromatic carbocycles. The number of hydrogen-bond donors (Lipinski definition) is 2. The minimum Gasteiger partial charge on any atom is -0.333 e. The van der Waals surface area contributed by atoms with Crippen LogP contribution in [-0.4, -0.2) is 86.7 Å². The highest BCUT2D eigenvalue weighted by Gasteiger charge is 2.09. The summed E-state index contributed by atoms with van der Waals surface area (Å²) in [5.74, 6) is 1.67. The normalized spacial score (nSPS) is 12.5. The monoisotopic (exact) mass is 458 g/mol. The van der Waals surface area contributed by atoms with E-state index in [2.05, 4.69) is 45.0 Å². The lowest BCUT2D eigenvalue weighted by Crippen LogP contribution is -2.19. The average molecular weight is 459 g/mol. The first kappa shape index (κ1) is 23.5. The smallest absolute Gasteiger partial charge is 0.197 e. The van der Waals surface area contributed by atoms with E-state index >= 15 is 0 Å². The summed E-state index contributed by atoms with van der Waals surface area (Å²) in [6, 6.07) is 15.8. The predicted octanol–water partition coefficient (Wildman–Crippen LogP) is 3.45. The van der Waals surface area contributed by atoms with Gasteiger partial charge in [-0.1, -0.05) is 36.0 Å². The van der Waals surface area contributed by atoms with Crippen LogP contribution in [0.25, 0.3) is 22.1 Å². The van der Waals surface area contributed by atoms with Gasteiger partial charge in [-0.3, -0.25) is 4.21 Å². The van der Waals surface area contributed by atoms with E-state index in [-0.39, 0.29) is 0 Å². The Kier molecular flexibility index (Phi) is 8.65. The molecule has 0 fully saturated rings. The molecule has 2 aromatic heterocycles. The second-order valence-electron chi connectivity index (χ2n) is 7.62. The number of nitrogens with zero attached hydrogens (tertiary/aromatic N) is 4. The van der Waals surface area contributed by atoms with Crippen LogP contribution in [0.15, 0.2) is 58.8 Å². The molecule has 166 valence electrons. The summed E-state index contributed by atoms with van der Waals surface area (Å²) in [5.41, 5.74) is 3.97. The summed E-state index contributed by atoms with van der Waals surface area (Å²) in [5, 5.41) is 1.58. The molecule has 4 rings (SSSR count). The van der Waals surface area contributed by atoms with Crippen molar-refractivity contribution in [3.8, 4) is 0 Å². The number of benzene rings is 2. The van der Waals surface area contributed by atoms with Gasteiger partial charge in [0.1, 0.15) is 0 Å². The summed E-state index contributed by atoms with van der Waals surface area (Å²) in [7, 11) is 7.06. The number of imidazole rings is 2. The van der Waals surface area contributed by atoms with Crippen molar-refractivity contribution < 1.29 is 4.21 Å². The molecule has 7 nitrogen and oxygen atoms in total. The molecule has 1 unspecified atom stereocenters. The van der Waals surface area contributed by atoms with Gasteiger partial charge < -0.3 is 19.8 Å². The lowest BCUT2D eigenvalue weighted by Gasteiger charge is -2.07. The van der Waals surface area contributed by atoms with Gasteiger partial charge >= 0.3 is 0 Å². The molecule has 0 saturated heterocycles. The van der Waals surface area contributed by atoms with Gasteiger partial charge in [-0.2, -0.15) is 0 Å². The Labute approximate surface area is 190 Å². The van der Waals surface area contributed by atoms with Crippen LogP contribution in [0.3, 0.4) is 0 Å². The van der Waals surface area contributed by atoms with Crippen molar-refractivity contribution in [2.24, 2.45) is 0 Å². The number of H-pyrrole nitrogens is 2. The zero-order valence-electron chi connectivity index (χ0n) is 18.5. The molecule has 2 N–H and O–H groups in total. The number of fused-ring (bicyclic) bond motifs is 2. The molecule has 0 amide bonds. The summed E-state index contributed by atoms with van der Waals surface area (Å²) >= 11 is 1.77. The van der Waals surface area contributed by atoms with E-state index in [1.807, 2.05) is 61.5 Å². The number of thioether (sulfide) groups is 1. The van der Waals surface area contributed by atoms with Gasteiger partial charge in [-0.05, 0) is 52.5 Å². The molecule has 0 radical (unpaired) electrons. The summed E-state index contributed by atoms with van der Waals surface area (Å²) in [6.07, 6.45) is 0. The van der Waals surface area contributed by atoms with Crippen LogP contribution >= 0.6 is 11.8 Å². The zero-order chi connectivity index (χ0) is 22.2. The number of rotatable bonds is 8. The fourth-order valence-corrected chi connectivity index (χ4v) is 4.87. The van der Waals surface area contributed by atoms with Crippen LogP contribution in [0, 0.1) is 0 Å². The third-order valence-electron chi connectivity index (χ3n) is 4.45. The lowest BCUT2D eigenvalue weighted by atomic mass is 10.3. The SMILES string of the molecule is CN(C)CCS(=O)c1nc2ccccc2[nH]1.CN(C)CCSc1nc2ccccc2[nH]1. The van der Waals surface area contributed by atoms with Crippen molar-refractivity contribution in [3.63, 3.8) is 0 Å². The van der Waals surface area contributed by atoms with E-state index < -0.39 is 10.8 Å². The number of aromatic amines is 2. The fraction of sp³-hybridized carbons (Fsp3) is 0.364. The van der Waals surface area contributed by atoms with Gasteiger partial charge in [0.25, 0.3) is 0 Å². The Bertz CT molecular complexity index is 1060. The standard InChI is InChI=1S/C11H15N3OS.C11H15N3S/c1-14(2)7-8-16(15)11-12-9-5-3-4-6-10(9)13-11;1-14(2)7-8-15-11-12-9-5-3-4-6-10(9)13-11/h3-6H,7-8H2,1-2H3,(H,12,13);3-6H,7-8H2,1-2H3,(H,12,13). The van der Waals surface area contributed by atoms with E-state index in [0.29, 0.717) is 10.9 Å². The first-order valence-corrected chi connectivity index (χ1v) is 12.4. The fourth-order valence-electron chi connectivity index (χ4n) is 2.72. The zero-order valence-corrected chi connectivity index (χ0v) is 20.1. The van der Waals surface area contributed by atoms with E-state index in [0.717, 1.165) is 46.1 Å². The van der Waals surface area contributed by atoms with Gasteiger partial charge in [-0.25, -0.2) is 9.97 Å². The van der Waals surface area contributed by atoms with Gasteiger partial charge in [0.05, 0.1) is 32.9 Å². The second-order valence-corrected chi connectivity index (χ2v) is 10.2. The molecule has 31 heavy (non-hydrogen) atoms. The lowest BCUT2D eigenvalue weighted by molar-refractivity contribution is 0.435. The summed E-state index contributed by atoms with van der Waals surface area (Å²) in [4.78, 5) is 19.4. The highest BCUT2D eigenvalue weighted by Crippen LogP contribution is 2.18. The second kappa shape index (κ2) is 11.4. The van der Waals surface area contributed by atoms with Crippen molar-refractivity contribution >= 4 is 44.6 Å². The molecule has 0 aliphatic rings. The molecule has 1 atom stereocenters. The third-order valence-corrected chi connectivity index (χ3v) is 6.48. The molecular weight excluding hydrogens is 428 g/mol. The van der Waals surface area contributed by atoms with Gasteiger partial charge in [0.15, 0.2) is 10.3 Å². The van der Waals surface area contributed by atoms with Crippen molar-refractivity contribution in [3.05, 3.63) is 48.5 Å². The maximum absolute atomic E-state index is 11.9. The maximum Gasteiger partial charge on any atom is 0.197 e. The predicted molar refractivity (Wildman–Crippen MR) is 131 cm³/mol. The molecule has 0 spiro atoms. The highest BCUT2D eigenvalue weighted by molar-refractivity contribution is 7.99. The Morgan fingerprint density at radius 1 is 0.839 bits per heavy atom. The Hall–Kier alpha value is -2.20. The Morgan fingerprint density at radius 3 is 2.00 bits per heavy atom. The van der Waals surface area contributed by atoms with Crippen molar-refractivity contribution in [1.82, 2.24) is 29.7 Å². The van der Waals surface area contributed by atoms with Crippen LogP contribution in [0.4, 0.5) is 0 Å². The minimum atomic E-state index is -1.04. The molecule has 0 saturated carbocycles.